The first kappa shape index (κ1) is 16.6. The number of rotatable bonds is 4. The monoisotopic (exact) mass is 311 g/mol. The molecule has 1 aromatic carbocycles. The third kappa shape index (κ3) is 3.20. The molecule has 3 nitrogen and oxygen atoms in total. The summed E-state index contributed by atoms with van der Waals surface area (Å²) in [4.78, 5) is 2.19. The topological polar surface area (TPSA) is 32.7 Å². The molecule has 0 bridgehead atoms. The van der Waals surface area contributed by atoms with E-state index in [4.69, 9.17) is 16.3 Å². The van der Waals surface area contributed by atoms with Gasteiger partial charge in [0.25, 0.3) is 0 Å². The fourth-order valence-corrected chi connectivity index (χ4v) is 3.81. The molecule has 3 atom stereocenters. The molecule has 1 fully saturated rings. The molecular weight excluding hydrogens is 286 g/mol. The molecule has 2 rings (SSSR count). The molecule has 1 N–H and O–H groups in total. The number of likely N-dealkylation sites (N-methyl/N-ethyl adjacent to an activating group) is 1. The van der Waals surface area contributed by atoms with Gasteiger partial charge in [-0.1, -0.05) is 37.4 Å². The van der Waals surface area contributed by atoms with Crippen LogP contribution in [0, 0.1) is 5.92 Å². The lowest BCUT2D eigenvalue weighted by atomic mass is 9.71. The lowest BCUT2D eigenvalue weighted by molar-refractivity contribution is -0.0451. The highest BCUT2D eigenvalue weighted by molar-refractivity contribution is 6.32. The van der Waals surface area contributed by atoms with Crippen molar-refractivity contribution in [3.8, 4) is 5.75 Å². The summed E-state index contributed by atoms with van der Waals surface area (Å²) in [5.74, 6) is 1.25. The van der Waals surface area contributed by atoms with Crippen LogP contribution in [-0.2, 0) is 0 Å². The van der Waals surface area contributed by atoms with Gasteiger partial charge in [-0.2, -0.15) is 0 Å². The van der Waals surface area contributed by atoms with Gasteiger partial charge in [-0.25, -0.2) is 0 Å². The Morgan fingerprint density at radius 1 is 1.43 bits per heavy atom. The van der Waals surface area contributed by atoms with Crippen LogP contribution < -0.4 is 4.74 Å². The number of ether oxygens (including phenoxy) is 1. The van der Waals surface area contributed by atoms with E-state index in [0.717, 1.165) is 24.8 Å². The molecule has 0 saturated heterocycles. The minimum absolute atomic E-state index is 0.212. The highest BCUT2D eigenvalue weighted by atomic mass is 35.5. The third-order valence-corrected chi connectivity index (χ3v) is 5.21. The van der Waals surface area contributed by atoms with Gasteiger partial charge in [0.1, 0.15) is 5.75 Å². The molecule has 0 heterocycles. The zero-order chi connectivity index (χ0) is 15.6. The van der Waals surface area contributed by atoms with E-state index in [9.17, 15) is 5.11 Å². The molecule has 1 aromatic rings. The standard InChI is InChI=1S/C17H26ClNO2/c1-12-6-5-9-17(11-12,19(2)3)16(20)13-7-8-14(18)15(10-13)21-4/h7-8,10,12,16,20H,5-6,9,11H2,1-4H3. The van der Waals surface area contributed by atoms with Crippen molar-refractivity contribution >= 4 is 11.6 Å². The maximum Gasteiger partial charge on any atom is 0.137 e. The van der Waals surface area contributed by atoms with Crippen molar-refractivity contribution < 1.29 is 9.84 Å². The third-order valence-electron chi connectivity index (χ3n) is 4.90. The van der Waals surface area contributed by atoms with E-state index in [-0.39, 0.29) is 5.54 Å². The second kappa shape index (κ2) is 6.55. The zero-order valence-corrected chi connectivity index (χ0v) is 14.2. The van der Waals surface area contributed by atoms with Crippen molar-refractivity contribution in [1.82, 2.24) is 4.90 Å². The van der Waals surface area contributed by atoms with Crippen LogP contribution in [0.25, 0.3) is 0 Å². The van der Waals surface area contributed by atoms with Gasteiger partial charge in [0.05, 0.1) is 23.8 Å². The van der Waals surface area contributed by atoms with Crippen LogP contribution in [-0.4, -0.2) is 36.8 Å². The summed E-state index contributed by atoms with van der Waals surface area (Å²) in [6.45, 7) is 2.27. The van der Waals surface area contributed by atoms with Gasteiger partial charge in [0, 0.05) is 0 Å². The molecule has 118 valence electrons. The minimum Gasteiger partial charge on any atom is -0.495 e. The molecule has 0 amide bonds. The van der Waals surface area contributed by atoms with Crippen LogP contribution in [0.1, 0.15) is 44.3 Å². The lowest BCUT2D eigenvalue weighted by Crippen LogP contribution is -2.52. The minimum atomic E-state index is -0.540. The Morgan fingerprint density at radius 2 is 2.14 bits per heavy atom. The summed E-state index contributed by atoms with van der Waals surface area (Å²) in [7, 11) is 5.73. The first-order valence-electron chi connectivity index (χ1n) is 7.59. The highest BCUT2D eigenvalue weighted by Gasteiger charge is 2.43. The van der Waals surface area contributed by atoms with Crippen LogP contribution in [0.5, 0.6) is 5.75 Å². The van der Waals surface area contributed by atoms with Gasteiger partial charge < -0.3 is 14.7 Å². The van der Waals surface area contributed by atoms with E-state index in [2.05, 4.69) is 25.9 Å². The molecule has 0 radical (unpaired) electrons. The number of aliphatic hydroxyl groups is 1. The fraction of sp³-hybridized carbons (Fsp3) is 0.647. The van der Waals surface area contributed by atoms with Gasteiger partial charge >= 0.3 is 0 Å². The maximum atomic E-state index is 11.1. The lowest BCUT2D eigenvalue weighted by Gasteiger charge is -2.48. The van der Waals surface area contributed by atoms with Gasteiger partial charge in [-0.15, -0.1) is 0 Å². The average molecular weight is 312 g/mol. The van der Waals surface area contributed by atoms with Crippen molar-refractivity contribution in [3.05, 3.63) is 28.8 Å². The number of aliphatic hydroxyl groups excluding tert-OH is 1. The van der Waals surface area contributed by atoms with Gasteiger partial charge in [0.15, 0.2) is 0 Å². The van der Waals surface area contributed by atoms with Crippen LogP contribution in [0.3, 0.4) is 0 Å². The van der Waals surface area contributed by atoms with Crippen molar-refractivity contribution in [1.29, 1.82) is 0 Å². The summed E-state index contributed by atoms with van der Waals surface area (Å²) in [6.07, 6.45) is 3.87. The van der Waals surface area contributed by atoms with E-state index in [1.54, 1.807) is 13.2 Å². The van der Waals surface area contributed by atoms with E-state index in [0.29, 0.717) is 16.7 Å². The number of nitrogens with zero attached hydrogens (tertiary/aromatic N) is 1. The smallest absolute Gasteiger partial charge is 0.137 e. The quantitative estimate of drug-likeness (QED) is 0.915. The fourth-order valence-electron chi connectivity index (χ4n) is 3.62. The second-order valence-electron chi connectivity index (χ2n) is 6.50. The largest absolute Gasteiger partial charge is 0.495 e. The molecule has 1 aliphatic carbocycles. The van der Waals surface area contributed by atoms with Crippen LogP contribution in [0.15, 0.2) is 18.2 Å². The summed E-state index contributed by atoms with van der Waals surface area (Å²) in [5, 5.41) is 11.6. The maximum absolute atomic E-state index is 11.1. The SMILES string of the molecule is COc1cc(C(O)C2(N(C)C)CCCC(C)C2)ccc1Cl. The van der Waals surface area contributed by atoms with Crippen LogP contribution in [0.4, 0.5) is 0 Å². The molecule has 4 heteroatoms. The number of hydrogen-bond donors (Lipinski definition) is 1. The number of methoxy groups -OCH3 is 1. The predicted molar refractivity (Wildman–Crippen MR) is 87.0 cm³/mol. The Balaban J connectivity index is 2.36. The van der Waals surface area contributed by atoms with E-state index in [1.807, 2.05) is 12.1 Å². The summed E-state index contributed by atoms with van der Waals surface area (Å²) in [5.41, 5.74) is 0.662. The van der Waals surface area contributed by atoms with E-state index >= 15 is 0 Å². The second-order valence-corrected chi connectivity index (χ2v) is 6.90. The van der Waals surface area contributed by atoms with Gasteiger partial charge in [0.2, 0.25) is 0 Å². The number of benzene rings is 1. The molecule has 1 aliphatic rings. The Hall–Kier alpha value is -0.770. The zero-order valence-electron chi connectivity index (χ0n) is 13.4. The Labute approximate surface area is 132 Å². The average Bonchev–Trinajstić information content (AvgIpc) is 2.46. The summed E-state index contributed by atoms with van der Waals surface area (Å²) >= 11 is 6.09. The Bertz CT molecular complexity index is 492. The molecule has 0 spiro atoms. The first-order chi connectivity index (χ1) is 9.90. The highest BCUT2D eigenvalue weighted by Crippen LogP contribution is 2.44. The first-order valence-corrected chi connectivity index (χ1v) is 7.97. The predicted octanol–water partition coefficient (Wildman–Crippen LogP) is 3.89. The molecule has 0 aromatic heterocycles. The number of halogens is 1. The van der Waals surface area contributed by atoms with Crippen molar-refractivity contribution in [2.24, 2.45) is 5.92 Å². The number of hydrogen-bond acceptors (Lipinski definition) is 3. The normalized spacial score (nSPS) is 27.7. The molecular formula is C17H26ClNO2. The molecule has 1 saturated carbocycles. The van der Waals surface area contributed by atoms with Crippen molar-refractivity contribution in [3.63, 3.8) is 0 Å². The van der Waals surface area contributed by atoms with E-state index < -0.39 is 6.10 Å². The van der Waals surface area contributed by atoms with E-state index in [1.165, 1.54) is 6.42 Å². The molecule has 3 unspecified atom stereocenters. The van der Waals surface area contributed by atoms with Gasteiger partial charge in [-0.3, -0.25) is 0 Å². The van der Waals surface area contributed by atoms with Crippen LogP contribution >= 0.6 is 11.6 Å². The Morgan fingerprint density at radius 3 is 2.71 bits per heavy atom. The summed E-state index contributed by atoms with van der Waals surface area (Å²) in [6, 6.07) is 5.56. The van der Waals surface area contributed by atoms with Crippen molar-refractivity contribution in [2.75, 3.05) is 21.2 Å². The molecule has 21 heavy (non-hydrogen) atoms. The molecule has 0 aliphatic heterocycles. The summed E-state index contributed by atoms with van der Waals surface area (Å²) < 4.78 is 5.28. The van der Waals surface area contributed by atoms with Crippen LogP contribution in [0.2, 0.25) is 5.02 Å². The van der Waals surface area contributed by atoms with Crippen molar-refractivity contribution in [2.45, 2.75) is 44.2 Å². The Kier molecular flexibility index (Phi) is 5.18. The van der Waals surface area contributed by atoms with Gasteiger partial charge in [-0.05, 0) is 50.6 Å².